The number of hydrogen-bond donors (Lipinski definition) is 0. The second-order valence-electron chi connectivity index (χ2n) is 6.78. The van der Waals surface area contributed by atoms with Crippen molar-refractivity contribution in [3.8, 4) is 0 Å². The van der Waals surface area contributed by atoms with Gasteiger partial charge in [0.2, 0.25) is 0 Å². The number of ether oxygens (including phenoxy) is 1. The van der Waals surface area contributed by atoms with Crippen LogP contribution in [0.4, 0.5) is 0 Å². The molecular formula is C22H26N2O3. The van der Waals surface area contributed by atoms with Crippen molar-refractivity contribution in [2.75, 3.05) is 26.2 Å². The summed E-state index contributed by atoms with van der Waals surface area (Å²) in [5.41, 5.74) is 2.41. The molecule has 0 aromatic heterocycles. The van der Waals surface area contributed by atoms with Gasteiger partial charge in [0.25, 0.3) is 0 Å². The molecule has 0 aliphatic carbocycles. The Kier molecular flexibility index (Phi) is 6.60. The van der Waals surface area contributed by atoms with Crippen molar-refractivity contribution in [3.63, 3.8) is 0 Å². The molecule has 0 spiro atoms. The third-order valence-electron chi connectivity index (χ3n) is 4.84. The van der Waals surface area contributed by atoms with Gasteiger partial charge in [0.05, 0.1) is 6.61 Å². The van der Waals surface area contributed by atoms with Crippen LogP contribution >= 0.6 is 0 Å². The summed E-state index contributed by atoms with van der Waals surface area (Å²) in [5, 5.41) is 0. The van der Waals surface area contributed by atoms with Gasteiger partial charge in [-0.05, 0) is 24.5 Å². The van der Waals surface area contributed by atoms with Crippen LogP contribution in [0, 0.1) is 0 Å². The van der Waals surface area contributed by atoms with Gasteiger partial charge in [0, 0.05) is 32.2 Å². The lowest BCUT2D eigenvalue weighted by molar-refractivity contribution is -0.162. The molecule has 1 aliphatic rings. The summed E-state index contributed by atoms with van der Waals surface area (Å²) >= 11 is 0. The Balaban J connectivity index is 1.73. The van der Waals surface area contributed by atoms with Gasteiger partial charge in [-0.25, -0.2) is 4.79 Å². The van der Waals surface area contributed by atoms with Crippen LogP contribution in [-0.2, 0) is 27.3 Å². The first-order valence-corrected chi connectivity index (χ1v) is 9.45. The van der Waals surface area contributed by atoms with E-state index < -0.39 is 11.9 Å². The molecular weight excluding hydrogens is 340 g/mol. The van der Waals surface area contributed by atoms with E-state index in [1.807, 2.05) is 36.4 Å². The van der Waals surface area contributed by atoms with Crippen molar-refractivity contribution >= 4 is 11.9 Å². The van der Waals surface area contributed by atoms with E-state index in [9.17, 15) is 9.59 Å². The Morgan fingerprint density at radius 3 is 2.22 bits per heavy atom. The molecule has 2 aromatic carbocycles. The fourth-order valence-electron chi connectivity index (χ4n) is 3.54. The van der Waals surface area contributed by atoms with Gasteiger partial charge in [-0.15, -0.1) is 0 Å². The molecule has 0 bridgehead atoms. The van der Waals surface area contributed by atoms with Crippen molar-refractivity contribution in [2.45, 2.75) is 25.9 Å². The molecule has 3 rings (SSSR count). The summed E-state index contributed by atoms with van der Waals surface area (Å²) in [5.74, 6) is -1.29. The van der Waals surface area contributed by atoms with Crippen molar-refractivity contribution in [1.82, 2.24) is 9.80 Å². The first-order chi connectivity index (χ1) is 13.2. The van der Waals surface area contributed by atoms with Crippen molar-refractivity contribution in [1.29, 1.82) is 0 Å². The molecule has 1 aliphatic heterocycles. The zero-order chi connectivity index (χ0) is 19.1. The average molecular weight is 366 g/mol. The minimum atomic E-state index is -0.757. The van der Waals surface area contributed by atoms with E-state index in [1.165, 1.54) is 5.56 Å². The van der Waals surface area contributed by atoms with E-state index >= 15 is 0 Å². The third-order valence-corrected chi connectivity index (χ3v) is 4.84. The van der Waals surface area contributed by atoms with Gasteiger partial charge < -0.3 is 9.64 Å². The first-order valence-electron chi connectivity index (χ1n) is 9.45. The topological polar surface area (TPSA) is 49.9 Å². The highest BCUT2D eigenvalue weighted by molar-refractivity contribution is 6.32. The molecule has 27 heavy (non-hydrogen) atoms. The fourth-order valence-corrected chi connectivity index (χ4v) is 3.54. The Labute approximate surface area is 160 Å². The molecule has 0 saturated carbocycles. The second-order valence-corrected chi connectivity index (χ2v) is 6.78. The van der Waals surface area contributed by atoms with E-state index in [0.717, 1.165) is 31.6 Å². The van der Waals surface area contributed by atoms with Crippen molar-refractivity contribution < 1.29 is 14.3 Å². The molecule has 5 nitrogen and oxygen atoms in total. The van der Waals surface area contributed by atoms with E-state index in [-0.39, 0.29) is 12.6 Å². The number of benzene rings is 2. The average Bonchev–Trinajstić information content (AvgIpc) is 2.69. The monoisotopic (exact) mass is 366 g/mol. The SMILES string of the molecule is CCOC(=O)C(=O)N1CCN(Cc2ccccc2)C[C@H]1Cc1ccccc1. The third kappa shape index (κ3) is 5.17. The molecule has 142 valence electrons. The summed E-state index contributed by atoms with van der Waals surface area (Å²) < 4.78 is 4.93. The predicted molar refractivity (Wildman–Crippen MR) is 104 cm³/mol. The summed E-state index contributed by atoms with van der Waals surface area (Å²) in [7, 11) is 0. The second kappa shape index (κ2) is 9.33. The van der Waals surface area contributed by atoms with E-state index in [1.54, 1.807) is 11.8 Å². The van der Waals surface area contributed by atoms with Gasteiger partial charge in [-0.2, -0.15) is 0 Å². The standard InChI is InChI=1S/C22H26N2O3/c1-2-27-22(26)21(25)24-14-13-23(16-19-11-7-4-8-12-19)17-20(24)15-18-9-5-3-6-10-18/h3-12,20H,2,13-17H2,1H3/t20-/m1/s1. The van der Waals surface area contributed by atoms with Crippen LogP contribution in [-0.4, -0.2) is 54.0 Å². The molecule has 1 heterocycles. The normalized spacial score (nSPS) is 17.5. The lowest BCUT2D eigenvalue weighted by atomic mass is 10.0. The molecule has 1 saturated heterocycles. The van der Waals surface area contributed by atoms with Crippen LogP contribution in [0.15, 0.2) is 60.7 Å². The van der Waals surface area contributed by atoms with Crippen molar-refractivity contribution in [2.24, 2.45) is 0 Å². The van der Waals surface area contributed by atoms with E-state index in [0.29, 0.717) is 6.54 Å². The summed E-state index contributed by atoms with van der Waals surface area (Å²) in [6, 6.07) is 20.4. The van der Waals surface area contributed by atoms with Gasteiger partial charge in [-0.1, -0.05) is 60.7 Å². The van der Waals surface area contributed by atoms with E-state index in [2.05, 4.69) is 29.2 Å². The number of esters is 1. The zero-order valence-corrected chi connectivity index (χ0v) is 15.7. The maximum Gasteiger partial charge on any atom is 0.397 e. The predicted octanol–water partition coefficient (Wildman–Crippen LogP) is 2.51. The molecule has 1 atom stereocenters. The number of piperazine rings is 1. The molecule has 0 radical (unpaired) electrons. The number of carbonyl (C=O) groups excluding carboxylic acids is 2. The first kappa shape index (κ1) is 19.1. The minimum absolute atomic E-state index is 0.0539. The van der Waals surface area contributed by atoms with Crippen LogP contribution in [0.25, 0.3) is 0 Å². The quantitative estimate of drug-likeness (QED) is 0.603. The highest BCUT2D eigenvalue weighted by Crippen LogP contribution is 2.18. The summed E-state index contributed by atoms with van der Waals surface area (Å²) in [6.45, 7) is 4.77. The van der Waals surface area contributed by atoms with Gasteiger partial charge >= 0.3 is 11.9 Å². The van der Waals surface area contributed by atoms with Crippen LogP contribution < -0.4 is 0 Å². The number of amides is 1. The molecule has 0 unspecified atom stereocenters. The maximum absolute atomic E-state index is 12.6. The van der Waals surface area contributed by atoms with Crippen LogP contribution in [0.3, 0.4) is 0 Å². The maximum atomic E-state index is 12.6. The number of hydrogen-bond acceptors (Lipinski definition) is 4. The number of rotatable bonds is 5. The molecule has 5 heteroatoms. The molecule has 2 aromatic rings. The van der Waals surface area contributed by atoms with Gasteiger partial charge in [0.15, 0.2) is 0 Å². The highest BCUT2D eigenvalue weighted by Gasteiger charge is 2.34. The zero-order valence-electron chi connectivity index (χ0n) is 15.7. The largest absolute Gasteiger partial charge is 0.459 e. The van der Waals surface area contributed by atoms with Crippen LogP contribution in [0.2, 0.25) is 0 Å². The molecule has 1 amide bonds. The lowest BCUT2D eigenvalue weighted by Crippen LogP contribution is -2.57. The highest BCUT2D eigenvalue weighted by atomic mass is 16.5. The van der Waals surface area contributed by atoms with Gasteiger partial charge in [0.1, 0.15) is 0 Å². The minimum Gasteiger partial charge on any atom is -0.459 e. The summed E-state index contributed by atoms with van der Waals surface area (Å²) in [6.07, 6.45) is 0.720. The molecule has 0 N–H and O–H groups in total. The smallest absolute Gasteiger partial charge is 0.397 e. The van der Waals surface area contributed by atoms with E-state index in [4.69, 9.17) is 4.74 Å². The van der Waals surface area contributed by atoms with Crippen LogP contribution in [0.5, 0.6) is 0 Å². The van der Waals surface area contributed by atoms with Crippen molar-refractivity contribution in [3.05, 3.63) is 71.8 Å². The Hall–Kier alpha value is -2.66. The number of carbonyl (C=O) groups is 2. The Morgan fingerprint density at radius 2 is 1.59 bits per heavy atom. The Morgan fingerprint density at radius 1 is 0.963 bits per heavy atom. The van der Waals surface area contributed by atoms with Crippen LogP contribution in [0.1, 0.15) is 18.1 Å². The molecule has 1 fully saturated rings. The Bertz CT molecular complexity index is 749. The summed E-state index contributed by atoms with van der Waals surface area (Å²) in [4.78, 5) is 28.6. The fraction of sp³-hybridized carbons (Fsp3) is 0.364. The number of nitrogens with zero attached hydrogens (tertiary/aromatic N) is 2. The van der Waals surface area contributed by atoms with Gasteiger partial charge in [-0.3, -0.25) is 9.69 Å². The lowest BCUT2D eigenvalue weighted by Gasteiger charge is -2.41.